The molecule has 2 saturated carbocycles. The van der Waals surface area contributed by atoms with Gasteiger partial charge in [-0.05, 0) is 45.1 Å². The Morgan fingerprint density at radius 2 is 1.73 bits per heavy atom. The maximum Gasteiger partial charge on any atom is 0.0437 e. The lowest BCUT2D eigenvalue weighted by atomic mass is 9.71. The van der Waals surface area contributed by atoms with Crippen molar-refractivity contribution in [2.45, 2.75) is 58.8 Å². The topological polar surface area (TPSA) is 12.4 Å². The van der Waals surface area contributed by atoms with E-state index in [2.05, 4.69) is 18.8 Å². The maximum atomic E-state index is 4.63. The summed E-state index contributed by atoms with van der Waals surface area (Å²) in [6.45, 7) is 4.48. The van der Waals surface area contributed by atoms with E-state index in [0.717, 1.165) is 0 Å². The Balaban J connectivity index is 2.33. The van der Waals surface area contributed by atoms with Crippen molar-refractivity contribution in [2.24, 2.45) is 10.4 Å². The van der Waals surface area contributed by atoms with E-state index in [1.807, 2.05) is 7.05 Å². The molecule has 0 atom stereocenters. The summed E-state index contributed by atoms with van der Waals surface area (Å²) in [6.07, 6.45) is 9.66. The first-order chi connectivity index (χ1) is 7.19. The minimum atomic E-state index is 0.486. The first kappa shape index (κ1) is 10.9. The van der Waals surface area contributed by atoms with Crippen LogP contribution >= 0.6 is 0 Å². The highest BCUT2D eigenvalue weighted by atomic mass is 14.7. The van der Waals surface area contributed by atoms with Gasteiger partial charge in [0.1, 0.15) is 0 Å². The van der Waals surface area contributed by atoms with E-state index < -0.39 is 0 Å². The molecule has 2 fully saturated rings. The SMILES string of the molecule is CN=C1C(=C(C)C)CCC12CCCCC2. The Labute approximate surface area is 93.7 Å². The van der Waals surface area contributed by atoms with Crippen molar-refractivity contribution >= 4 is 5.71 Å². The summed E-state index contributed by atoms with van der Waals surface area (Å²) in [4.78, 5) is 4.63. The molecule has 0 saturated heterocycles. The van der Waals surface area contributed by atoms with Gasteiger partial charge in [0.2, 0.25) is 0 Å². The Hall–Kier alpha value is -0.590. The minimum absolute atomic E-state index is 0.486. The number of rotatable bonds is 0. The summed E-state index contributed by atoms with van der Waals surface area (Å²) in [7, 11) is 1.99. The van der Waals surface area contributed by atoms with Gasteiger partial charge in [0.05, 0.1) is 0 Å². The Bertz CT molecular complexity index is 299. The number of hydrogen-bond acceptors (Lipinski definition) is 1. The molecule has 0 radical (unpaired) electrons. The van der Waals surface area contributed by atoms with Crippen LogP contribution in [0.2, 0.25) is 0 Å². The molecule has 1 heteroatoms. The van der Waals surface area contributed by atoms with E-state index >= 15 is 0 Å². The van der Waals surface area contributed by atoms with Crippen molar-refractivity contribution in [3.63, 3.8) is 0 Å². The average Bonchev–Trinajstić information content (AvgIpc) is 2.58. The van der Waals surface area contributed by atoms with Crippen LogP contribution < -0.4 is 0 Å². The average molecular weight is 205 g/mol. The van der Waals surface area contributed by atoms with E-state index in [1.54, 1.807) is 5.57 Å². The predicted octanol–water partition coefficient (Wildman–Crippen LogP) is 4.14. The Kier molecular flexibility index (Phi) is 2.99. The standard InChI is InChI=1S/C14H23N/c1-11(2)12-7-10-14(13(12)15-3)8-5-4-6-9-14/h4-10H2,1-3H3. The van der Waals surface area contributed by atoms with Crippen LogP contribution in [-0.2, 0) is 0 Å². The predicted molar refractivity (Wildman–Crippen MR) is 66.5 cm³/mol. The van der Waals surface area contributed by atoms with E-state index in [4.69, 9.17) is 0 Å². The highest BCUT2D eigenvalue weighted by Crippen LogP contribution is 2.49. The third kappa shape index (κ3) is 1.77. The summed E-state index contributed by atoms with van der Waals surface area (Å²) < 4.78 is 0. The third-order valence-electron chi connectivity index (χ3n) is 4.28. The Morgan fingerprint density at radius 3 is 2.27 bits per heavy atom. The van der Waals surface area contributed by atoms with Gasteiger partial charge in [-0.1, -0.05) is 24.8 Å². The first-order valence-corrected chi connectivity index (χ1v) is 6.34. The molecule has 0 aromatic carbocycles. The minimum Gasteiger partial charge on any atom is -0.292 e. The molecule has 0 unspecified atom stereocenters. The van der Waals surface area contributed by atoms with Crippen molar-refractivity contribution in [3.8, 4) is 0 Å². The van der Waals surface area contributed by atoms with Crippen LogP contribution in [0.4, 0.5) is 0 Å². The number of aliphatic imine (C=N–C) groups is 1. The van der Waals surface area contributed by atoms with Crippen LogP contribution in [0.15, 0.2) is 16.1 Å². The molecule has 0 aliphatic heterocycles. The van der Waals surface area contributed by atoms with E-state index in [0.29, 0.717) is 5.41 Å². The van der Waals surface area contributed by atoms with Crippen molar-refractivity contribution < 1.29 is 0 Å². The van der Waals surface area contributed by atoms with Gasteiger partial charge in [-0.2, -0.15) is 0 Å². The van der Waals surface area contributed by atoms with Crippen LogP contribution in [0.5, 0.6) is 0 Å². The number of allylic oxidation sites excluding steroid dienone is 2. The second-order valence-electron chi connectivity index (χ2n) is 5.39. The second kappa shape index (κ2) is 4.11. The monoisotopic (exact) mass is 205 g/mol. The van der Waals surface area contributed by atoms with Gasteiger partial charge in [-0.25, -0.2) is 0 Å². The zero-order chi connectivity index (χ0) is 10.9. The molecule has 2 aliphatic carbocycles. The summed E-state index contributed by atoms with van der Waals surface area (Å²) in [5, 5.41) is 0. The van der Waals surface area contributed by atoms with Crippen molar-refractivity contribution in [1.82, 2.24) is 0 Å². The summed E-state index contributed by atoms with van der Waals surface area (Å²) in [5.41, 5.74) is 5.00. The van der Waals surface area contributed by atoms with Gasteiger partial charge in [-0.3, -0.25) is 4.99 Å². The number of nitrogens with zero attached hydrogens (tertiary/aromatic N) is 1. The smallest absolute Gasteiger partial charge is 0.0437 e. The summed E-state index contributed by atoms with van der Waals surface area (Å²) in [5.74, 6) is 0. The lowest BCUT2D eigenvalue weighted by molar-refractivity contribution is 0.281. The Morgan fingerprint density at radius 1 is 1.07 bits per heavy atom. The molecule has 0 heterocycles. The van der Waals surface area contributed by atoms with Crippen molar-refractivity contribution in [2.75, 3.05) is 7.05 Å². The molecule has 0 aromatic rings. The zero-order valence-corrected chi connectivity index (χ0v) is 10.4. The van der Waals surface area contributed by atoms with E-state index in [9.17, 15) is 0 Å². The summed E-state index contributed by atoms with van der Waals surface area (Å²) >= 11 is 0. The molecule has 2 aliphatic rings. The van der Waals surface area contributed by atoms with E-state index in [1.165, 1.54) is 56.2 Å². The van der Waals surface area contributed by atoms with Gasteiger partial charge in [0, 0.05) is 18.2 Å². The van der Waals surface area contributed by atoms with Gasteiger partial charge in [-0.15, -0.1) is 0 Å². The highest BCUT2D eigenvalue weighted by molar-refractivity contribution is 6.07. The van der Waals surface area contributed by atoms with Crippen LogP contribution in [0, 0.1) is 5.41 Å². The molecule has 0 aromatic heterocycles. The van der Waals surface area contributed by atoms with Crippen molar-refractivity contribution in [3.05, 3.63) is 11.1 Å². The lowest BCUT2D eigenvalue weighted by Gasteiger charge is -2.33. The van der Waals surface area contributed by atoms with Crippen molar-refractivity contribution in [1.29, 1.82) is 0 Å². The maximum absolute atomic E-state index is 4.63. The molecule has 0 amide bonds. The van der Waals surface area contributed by atoms with Gasteiger partial charge < -0.3 is 0 Å². The summed E-state index contributed by atoms with van der Waals surface area (Å²) in [6, 6.07) is 0. The van der Waals surface area contributed by atoms with Crippen LogP contribution in [0.25, 0.3) is 0 Å². The third-order valence-corrected chi connectivity index (χ3v) is 4.28. The molecular weight excluding hydrogens is 182 g/mol. The lowest BCUT2D eigenvalue weighted by Crippen LogP contribution is -2.29. The molecule has 1 spiro atoms. The highest BCUT2D eigenvalue weighted by Gasteiger charge is 2.42. The van der Waals surface area contributed by atoms with Crippen LogP contribution in [0.1, 0.15) is 58.8 Å². The van der Waals surface area contributed by atoms with Gasteiger partial charge in [0.25, 0.3) is 0 Å². The molecule has 0 N–H and O–H groups in total. The van der Waals surface area contributed by atoms with Gasteiger partial charge >= 0.3 is 0 Å². The fraction of sp³-hybridized carbons (Fsp3) is 0.786. The number of hydrogen-bond donors (Lipinski definition) is 0. The molecule has 2 rings (SSSR count). The quantitative estimate of drug-likeness (QED) is 0.563. The second-order valence-corrected chi connectivity index (χ2v) is 5.39. The van der Waals surface area contributed by atoms with Crippen LogP contribution in [-0.4, -0.2) is 12.8 Å². The fourth-order valence-electron chi connectivity index (χ4n) is 3.50. The molecule has 84 valence electrons. The molecular formula is C14H23N. The van der Waals surface area contributed by atoms with E-state index in [-0.39, 0.29) is 0 Å². The van der Waals surface area contributed by atoms with Gasteiger partial charge in [0.15, 0.2) is 0 Å². The fourth-order valence-corrected chi connectivity index (χ4v) is 3.50. The van der Waals surface area contributed by atoms with Crippen LogP contribution in [0.3, 0.4) is 0 Å². The molecule has 1 nitrogen and oxygen atoms in total. The largest absolute Gasteiger partial charge is 0.292 e. The normalized spacial score (nSPS) is 27.7. The zero-order valence-electron chi connectivity index (χ0n) is 10.4. The molecule has 15 heavy (non-hydrogen) atoms. The first-order valence-electron chi connectivity index (χ1n) is 6.34. The molecule has 0 bridgehead atoms.